The smallest absolute Gasteiger partial charge is 0.330 e. The Morgan fingerprint density at radius 3 is 2.80 bits per heavy atom. The van der Waals surface area contributed by atoms with Crippen LogP contribution in [0.3, 0.4) is 0 Å². The van der Waals surface area contributed by atoms with Gasteiger partial charge in [0.25, 0.3) is 0 Å². The van der Waals surface area contributed by atoms with Gasteiger partial charge in [0.2, 0.25) is 5.88 Å². The lowest BCUT2D eigenvalue weighted by atomic mass is 10.3. The van der Waals surface area contributed by atoms with Gasteiger partial charge in [0, 0.05) is 15.3 Å². The van der Waals surface area contributed by atoms with Crippen molar-refractivity contribution in [2.24, 2.45) is 0 Å². The predicted octanol–water partition coefficient (Wildman–Crippen LogP) is 1.76. The second-order valence-electron chi connectivity index (χ2n) is 2.87. The van der Waals surface area contributed by atoms with Gasteiger partial charge in [-0.15, -0.1) is 0 Å². The van der Waals surface area contributed by atoms with Gasteiger partial charge in [-0.25, -0.2) is 4.98 Å². The molecule has 7 heteroatoms. The molecule has 2 N–H and O–H groups in total. The lowest BCUT2D eigenvalue weighted by Gasteiger charge is -2.10. The van der Waals surface area contributed by atoms with E-state index < -0.39 is 7.60 Å². The van der Waals surface area contributed by atoms with Gasteiger partial charge >= 0.3 is 7.60 Å². The summed E-state index contributed by atoms with van der Waals surface area (Å²) in [5.41, 5.74) is 0.442. The summed E-state index contributed by atoms with van der Waals surface area (Å²) in [5, 5.41) is 0. The molecule has 0 atom stereocenters. The van der Waals surface area contributed by atoms with Crippen molar-refractivity contribution in [1.29, 1.82) is 0 Å². The van der Waals surface area contributed by atoms with Crippen LogP contribution in [0.2, 0.25) is 0 Å². The molecule has 0 unspecified atom stereocenters. The molecule has 1 aromatic rings. The van der Waals surface area contributed by atoms with E-state index >= 15 is 0 Å². The summed E-state index contributed by atoms with van der Waals surface area (Å²) in [6.07, 6.45) is 1.25. The van der Waals surface area contributed by atoms with Crippen molar-refractivity contribution >= 4 is 30.2 Å². The number of halogens is 1. The fourth-order valence-corrected chi connectivity index (χ4v) is 2.26. The Kier molecular flexibility index (Phi) is 4.51. The van der Waals surface area contributed by atoms with Crippen LogP contribution < -0.4 is 4.74 Å². The van der Waals surface area contributed by atoms with Gasteiger partial charge < -0.3 is 14.5 Å². The maximum atomic E-state index is 10.9. The van der Waals surface area contributed by atoms with Crippen molar-refractivity contribution in [3.8, 4) is 5.88 Å². The maximum Gasteiger partial charge on any atom is 0.330 e. The van der Waals surface area contributed by atoms with Gasteiger partial charge in [-0.3, -0.25) is 4.57 Å². The molecule has 0 bridgehead atoms. The van der Waals surface area contributed by atoms with Crippen LogP contribution in [0.1, 0.15) is 12.5 Å². The predicted molar refractivity (Wildman–Crippen MR) is 63.9 cm³/mol. The molecule has 15 heavy (non-hydrogen) atoms. The van der Waals surface area contributed by atoms with E-state index in [0.29, 0.717) is 18.1 Å². The molecule has 0 saturated heterocycles. The van der Waals surface area contributed by atoms with Crippen molar-refractivity contribution in [2.45, 2.75) is 13.1 Å². The number of nitrogens with zero attached hydrogens (tertiary/aromatic N) is 1. The van der Waals surface area contributed by atoms with Crippen molar-refractivity contribution in [3.05, 3.63) is 21.4 Å². The van der Waals surface area contributed by atoms with Gasteiger partial charge in [-0.1, -0.05) is 0 Å². The summed E-state index contributed by atoms with van der Waals surface area (Å²) >= 11 is 2.03. The number of pyridine rings is 1. The van der Waals surface area contributed by atoms with E-state index in [1.807, 2.05) is 22.6 Å². The molecule has 0 fully saturated rings. The zero-order valence-corrected chi connectivity index (χ0v) is 11.1. The molecular weight excluding hydrogens is 332 g/mol. The highest BCUT2D eigenvalue weighted by molar-refractivity contribution is 14.1. The Hall–Kier alpha value is -0.170. The van der Waals surface area contributed by atoms with Gasteiger partial charge in [0.15, 0.2) is 0 Å². The Bertz CT molecular complexity index is 392. The van der Waals surface area contributed by atoms with E-state index in [9.17, 15) is 4.57 Å². The third-order valence-electron chi connectivity index (χ3n) is 1.55. The first-order valence-corrected chi connectivity index (χ1v) is 7.12. The van der Waals surface area contributed by atoms with E-state index in [1.165, 1.54) is 0 Å². The van der Waals surface area contributed by atoms with Crippen molar-refractivity contribution in [2.75, 3.05) is 6.61 Å². The summed E-state index contributed by atoms with van der Waals surface area (Å²) in [6.45, 7) is 2.21. The molecule has 1 rings (SSSR count). The molecule has 0 aromatic carbocycles. The SMILES string of the molecule is CCOc1ncc(I)cc1CP(=O)(O)O. The highest BCUT2D eigenvalue weighted by atomic mass is 127. The number of ether oxygens (including phenoxy) is 1. The van der Waals surface area contributed by atoms with Crippen LogP contribution in [0.5, 0.6) is 5.88 Å². The fraction of sp³-hybridized carbons (Fsp3) is 0.375. The molecule has 5 nitrogen and oxygen atoms in total. The van der Waals surface area contributed by atoms with Crippen LogP contribution in [-0.2, 0) is 10.7 Å². The number of hydrogen-bond acceptors (Lipinski definition) is 3. The minimum atomic E-state index is -4.08. The van der Waals surface area contributed by atoms with Crippen LogP contribution in [-0.4, -0.2) is 21.4 Å². The molecule has 0 saturated carbocycles. The fourth-order valence-electron chi connectivity index (χ4n) is 1.07. The number of hydrogen-bond donors (Lipinski definition) is 2. The second kappa shape index (κ2) is 5.25. The molecule has 0 spiro atoms. The lowest BCUT2D eigenvalue weighted by molar-refractivity contribution is 0.321. The minimum absolute atomic E-state index is 0.293. The van der Waals surface area contributed by atoms with Crippen molar-refractivity contribution in [3.63, 3.8) is 0 Å². The van der Waals surface area contributed by atoms with Crippen molar-refractivity contribution in [1.82, 2.24) is 4.98 Å². The van der Waals surface area contributed by atoms with Crippen molar-refractivity contribution < 1.29 is 19.1 Å². The average Bonchev–Trinajstić information content (AvgIpc) is 2.07. The van der Waals surface area contributed by atoms with Crippen LogP contribution >= 0.6 is 30.2 Å². The molecule has 0 aliphatic rings. The third kappa shape index (κ3) is 4.46. The Morgan fingerprint density at radius 1 is 1.60 bits per heavy atom. The number of aromatic nitrogens is 1. The number of rotatable bonds is 4. The molecule has 84 valence electrons. The zero-order chi connectivity index (χ0) is 11.5. The van der Waals surface area contributed by atoms with E-state index in [4.69, 9.17) is 14.5 Å². The molecule has 0 radical (unpaired) electrons. The zero-order valence-electron chi connectivity index (χ0n) is 8.05. The topological polar surface area (TPSA) is 79.7 Å². The Labute approximate surface area is 101 Å². The second-order valence-corrected chi connectivity index (χ2v) is 5.76. The van der Waals surface area contributed by atoms with Gasteiger partial charge in [-0.05, 0) is 35.6 Å². The summed E-state index contributed by atoms with van der Waals surface area (Å²) in [6, 6.07) is 1.66. The van der Waals surface area contributed by atoms with E-state index in [2.05, 4.69) is 4.98 Å². The molecule has 0 aliphatic carbocycles. The van der Waals surface area contributed by atoms with E-state index in [-0.39, 0.29) is 6.16 Å². The quantitative estimate of drug-likeness (QED) is 0.643. The van der Waals surface area contributed by atoms with Crippen LogP contribution in [0, 0.1) is 3.57 Å². The molecule has 1 aromatic heterocycles. The van der Waals surface area contributed by atoms with Crippen LogP contribution in [0.25, 0.3) is 0 Å². The highest BCUT2D eigenvalue weighted by Gasteiger charge is 2.18. The van der Waals surface area contributed by atoms with Gasteiger partial charge in [0.05, 0.1) is 12.8 Å². The summed E-state index contributed by atoms with van der Waals surface area (Å²) in [4.78, 5) is 21.7. The molecule has 1 heterocycles. The Morgan fingerprint density at radius 2 is 2.27 bits per heavy atom. The van der Waals surface area contributed by atoms with Gasteiger partial charge in [0.1, 0.15) is 0 Å². The van der Waals surface area contributed by atoms with E-state index in [1.54, 1.807) is 19.2 Å². The standard InChI is InChI=1S/C8H11INO4P/c1-2-14-8-6(5-15(11,12)13)3-7(9)4-10-8/h3-4H,2,5H2,1H3,(H2,11,12,13). The summed E-state index contributed by atoms with van der Waals surface area (Å²) < 4.78 is 16.9. The first-order valence-electron chi connectivity index (χ1n) is 4.24. The van der Waals surface area contributed by atoms with Gasteiger partial charge in [-0.2, -0.15) is 0 Å². The third-order valence-corrected chi connectivity index (χ3v) is 2.89. The molecule has 0 amide bonds. The first-order chi connectivity index (χ1) is 6.92. The lowest BCUT2D eigenvalue weighted by Crippen LogP contribution is -2.00. The maximum absolute atomic E-state index is 10.9. The highest BCUT2D eigenvalue weighted by Crippen LogP contribution is 2.41. The first kappa shape index (κ1) is 12.9. The monoisotopic (exact) mass is 343 g/mol. The Balaban J connectivity index is 3.02. The van der Waals surface area contributed by atoms with E-state index in [0.717, 1.165) is 3.57 Å². The molecule has 0 aliphatic heterocycles. The average molecular weight is 343 g/mol. The summed E-state index contributed by atoms with van der Waals surface area (Å²) in [5.74, 6) is 0.293. The minimum Gasteiger partial charge on any atom is -0.478 e. The van der Waals surface area contributed by atoms with Crippen LogP contribution in [0.15, 0.2) is 12.3 Å². The van der Waals surface area contributed by atoms with Crippen LogP contribution in [0.4, 0.5) is 0 Å². The summed E-state index contributed by atoms with van der Waals surface area (Å²) in [7, 11) is -4.08. The normalized spacial score (nSPS) is 11.5. The molecular formula is C8H11INO4P. The largest absolute Gasteiger partial charge is 0.478 e.